The van der Waals surface area contributed by atoms with Gasteiger partial charge in [-0.2, -0.15) is 0 Å². The first kappa shape index (κ1) is 15.4. The van der Waals surface area contributed by atoms with Crippen molar-refractivity contribution in [3.05, 3.63) is 53.9 Å². The zero-order valence-electron chi connectivity index (χ0n) is 12.9. The fourth-order valence-electron chi connectivity index (χ4n) is 2.43. The molecule has 120 valence electrons. The summed E-state index contributed by atoms with van der Waals surface area (Å²) in [5.74, 6) is 0.503. The van der Waals surface area contributed by atoms with Gasteiger partial charge in [-0.1, -0.05) is 30.3 Å². The molecule has 1 aromatic heterocycles. The highest BCUT2D eigenvalue weighted by Crippen LogP contribution is 2.09. The van der Waals surface area contributed by atoms with Crippen LogP contribution in [0.3, 0.4) is 0 Å². The summed E-state index contributed by atoms with van der Waals surface area (Å²) in [5.41, 5.74) is 1.68. The Labute approximate surface area is 135 Å². The number of morpholine rings is 1. The maximum atomic E-state index is 12.1. The highest BCUT2D eigenvalue weighted by atomic mass is 16.5. The second-order valence-corrected chi connectivity index (χ2v) is 5.36. The predicted molar refractivity (Wildman–Crippen MR) is 87.5 cm³/mol. The molecule has 0 radical (unpaired) electrons. The van der Waals surface area contributed by atoms with Crippen LogP contribution in [-0.4, -0.2) is 48.7 Å². The second kappa shape index (κ2) is 7.69. The third-order valence-corrected chi connectivity index (χ3v) is 3.74. The zero-order chi connectivity index (χ0) is 15.9. The molecule has 2 heterocycles. The predicted octanol–water partition coefficient (Wildman–Crippen LogP) is 1.29. The molecule has 1 aromatic carbocycles. The number of rotatable bonds is 5. The molecule has 0 atom stereocenters. The van der Waals surface area contributed by atoms with Crippen LogP contribution in [-0.2, 0) is 11.2 Å². The van der Waals surface area contributed by atoms with E-state index >= 15 is 0 Å². The Morgan fingerprint density at radius 1 is 1.13 bits per heavy atom. The minimum absolute atomic E-state index is 0.144. The van der Waals surface area contributed by atoms with Crippen LogP contribution in [0, 0.1) is 0 Å². The molecule has 0 spiro atoms. The van der Waals surface area contributed by atoms with E-state index in [1.165, 1.54) is 5.56 Å². The highest BCUT2D eigenvalue weighted by molar-refractivity contribution is 5.93. The largest absolute Gasteiger partial charge is 0.378 e. The van der Waals surface area contributed by atoms with E-state index in [9.17, 15) is 4.79 Å². The maximum absolute atomic E-state index is 12.1. The fourth-order valence-corrected chi connectivity index (χ4v) is 2.43. The third kappa shape index (κ3) is 4.26. The first-order valence-corrected chi connectivity index (χ1v) is 7.80. The van der Waals surface area contributed by atoms with E-state index in [0.29, 0.717) is 31.3 Å². The van der Waals surface area contributed by atoms with E-state index < -0.39 is 0 Å². The average Bonchev–Trinajstić information content (AvgIpc) is 2.63. The molecule has 1 saturated heterocycles. The van der Waals surface area contributed by atoms with Crippen LogP contribution in [0.1, 0.15) is 15.9 Å². The monoisotopic (exact) mass is 312 g/mol. The minimum atomic E-state index is -0.144. The van der Waals surface area contributed by atoms with Crippen molar-refractivity contribution in [1.82, 2.24) is 15.3 Å². The number of carbonyl (C=O) groups is 1. The molecule has 3 rings (SSSR count). The molecular weight excluding hydrogens is 292 g/mol. The molecule has 1 N–H and O–H groups in total. The van der Waals surface area contributed by atoms with Gasteiger partial charge in [0.1, 0.15) is 0 Å². The Bertz CT molecular complexity index is 625. The van der Waals surface area contributed by atoms with Crippen molar-refractivity contribution in [3.8, 4) is 0 Å². The summed E-state index contributed by atoms with van der Waals surface area (Å²) in [6.07, 6.45) is 3.96. The third-order valence-electron chi connectivity index (χ3n) is 3.74. The Morgan fingerprint density at radius 2 is 1.83 bits per heavy atom. The van der Waals surface area contributed by atoms with Crippen LogP contribution in [0.4, 0.5) is 5.95 Å². The molecule has 0 saturated carbocycles. The average molecular weight is 312 g/mol. The van der Waals surface area contributed by atoms with Gasteiger partial charge in [-0.25, -0.2) is 9.97 Å². The van der Waals surface area contributed by atoms with Crippen LogP contribution < -0.4 is 10.2 Å². The van der Waals surface area contributed by atoms with E-state index in [0.717, 1.165) is 19.5 Å². The van der Waals surface area contributed by atoms with Crippen molar-refractivity contribution in [2.45, 2.75) is 6.42 Å². The van der Waals surface area contributed by atoms with Gasteiger partial charge in [-0.05, 0) is 12.0 Å². The van der Waals surface area contributed by atoms with Crippen LogP contribution >= 0.6 is 0 Å². The smallest absolute Gasteiger partial charge is 0.254 e. The number of benzene rings is 1. The van der Waals surface area contributed by atoms with E-state index in [1.54, 1.807) is 12.4 Å². The lowest BCUT2D eigenvalue weighted by Crippen LogP contribution is -2.37. The van der Waals surface area contributed by atoms with Gasteiger partial charge >= 0.3 is 0 Å². The van der Waals surface area contributed by atoms with Gasteiger partial charge in [0.2, 0.25) is 5.95 Å². The lowest BCUT2D eigenvalue weighted by Gasteiger charge is -2.26. The number of hydrogen-bond acceptors (Lipinski definition) is 5. The van der Waals surface area contributed by atoms with Crippen molar-refractivity contribution in [1.29, 1.82) is 0 Å². The number of amides is 1. The molecule has 6 nitrogen and oxygen atoms in total. The molecule has 2 aromatic rings. The van der Waals surface area contributed by atoms with E-state index in [4.69, 9.17) is 4.74 Å². The Morgan fingerprint density at radius 3 is 2.52 bits per heavy atom. The molecule has 23 heavy (non-hydrogen) atoms. The summed E-state index contributed by atoms with van der Waals surface area (Å²) in [5, 5.41) is 2.89. The summed E-state index contributed by atoms with van der Waals surface area (Å²) in [7, 11) is 0. The lowest BCUT2D eigenvalue weighted by atomic mass is 10.1. The standard InChI is InChI=1S/C17H20N4O2/c22-16(18-7-6-14-4-2-1-3-5-14)15-12-19-17(20-13-15)21-8-10-23-11-9-21/h1-5,12-13H,6-11H2,(H,18,22). The molecule has 1 aliphatic heterocycles. The summed E-state index contributed by atoms with van der Waals surface area (Å²) in [6, 6.07) is 10.1. The fraction of sp³-hybridized carbons (Fsp3) is 0.353. The van der Waals surface area contributed by atoms with Crippen molar-refractivity contribution >= 4 is 11.9 Å². The summed E-state index contributed by atoms with van der Waals surface area (Å²) < 4.78 is 5.30. The number of aromatic nitrogens is 2. The number of nitrogens with one attached hydrogen (secondary N) is 1. The van der Waals surface area contributed by atoms with Gasteiger partial charge in [-0.15, -0.1) is 0 Å². The minimum Gasteiger partial charge on any atom is -0.378 e. The SMILES string of the molecule is O=C(NCCc1ccccc1)c1cnc(N2CCOCC2)nc1. The molecule has 0 bridgehead atoms. The first-order valence-electron chi connectivity index (χ1n) is 7.80. The van der Waals surface area contributed by atoms with Gasteiger partial charge in [-0.3, -0.25) is 4.79 Å². The summed E-state index contributed by atoms with van der Waals surface area (Å²) in [6.45, 7) is 3.52. The van der Waals surface area contributed by atoms with Crippen LogP contribution in [0.5, 0.6) is 0 Å². The first-order chi connectivity index (χ1) is 11.3. The molecule has 1 aliphatic rings. The van der Waals surface area contributed by atoms with E-state index in [-0.39, 0.29) is 5.91 Å². The molecule has 1 fully saturated rings. The van der Waals surface area contributed by atoms with Gasteiger partial charge in [0.05, 0.1) is 18.8 Å². The van der Waals surface area contributed by atoms with Crippen LogP contribution in [0.25, 0.3) is 0 Å². The van der Waals surface area contributed by atoms with Gasteiger partial charge in [0.25, 0.3) is 5.91 Å². The molecule has 0 aliphatic carbocycles. The van der Waals surface area contributed by atoms with Crippen LogP contribution in [0.2, 0.25) is 0 Å². The maximum Gasteiger partial charge on any atom is 0.254 e. The number of nitrogens with zero attached hydrogens (tertiary/aromatic N) is 3. The zero-order valence-corrected chi connectivity index (χ0v) is 12.9. The van der Waals surface area contributed by atoms with E-state index in [1.807, 2.05) is 30.3 Å². The van der Waals surface area contributed by atoms with Crippen LogP contribution in [0.15, 0.2) is 42.7 Å². The van der Waals surface area contributed by atoms with Crippen molar-refractivity contribution < 1.29 is 9.53 Å². The number of ether oxygens (including phenoxy) is 1. The van der Waals surface area contributed by atoms with Crippen molar-refractivity contribution in [2.75, 3.05) is 37.7 Å². The second-order valence-electron chi connectivity index (χ2n) is 5.36. The quantitative estimate of drug-likeness (QED) is 0.901. The van der Waals surface area contributed by atoms with Crippen molar-refractivity contribution in [2.24, 2.45) is 0 Å². The van der Waals surface area contributed by atoms with Crippen molar-refractivity contribution in [3.63, 3.8) is 0 Å². The topological polar surface area (TPSA) is 67.4 Å². The molecule has 6 heteroatoms. The summed E-state index contributed by atoms with van der Waals surface area (Å²) >= 11 is 0. The Kier molecular flexibility index (Phi) is 5.16. The molecular formula is C17H20N4O2. The summed E-state index contributed by atoms with van der Waals surface area (Å²) in [4.78, 5) is 22.7. The Balaban J connectivity index is 1.51. The van der Waals surface area contributed by atoms with Gasteiger partial charge in [0, 0.05) is 32.0 Å². The number of hydrogen-bond donors (Lipinski definition) is 1. The van der Waals surface area contributed by atoms with Gasteiger partial charge < -0.3 is 15.0 Å². The lowest BCUT2D eigenvalue weighted by molar-refractivity contribution is 0.0953. The van der Waals surface area contributed by atoms with E-state index in [2.05, 4.69) is 20.2 Å². The highest BCUT2D eigenvalue weighted by Gasteiger charge is 2.14. The Hall–Kier alpha value is -2.47. The van der Waals surface area contributed by atoms with Gasteiger partial charge in [0.15, 0.2) is 0 Å². The number of carbonyl (C=O) groups excluding carboxylic acids is 1. The normalized spacial score (nSPS) is 14.5. The molecule has 1 amide bonds. The molecule has 0 unspecified atom stereocenters. The number of anilines is 1.